The van der Waals surface area contributed by atoms with E-state index in [1.807, 2.05) is 0 Å². The number of sulfonamides is 1. The Balaban J connectivity index is 1.38. The number of hydrogen-bond acceptors (Lipinski definition) is 6. The highest BCUT2D eigenvalue weighted by Crippen LogP contribution is 2.29. The van der Waals surface area contributed by atoms with Crippen LogP contribution in [0.2, 0.25) is 0 Å². The minimum atomic E-state index is -3.75. The Morgan fingerprint density at radius 1 is 1.06 bits per heavy atom. The van der Waals surface area contributed by atoms with Crippen molar-refractivity contribution >= 4 is 33.4 Å². The van der Waals surface area contributed by atoms with Crippen molar-refractivity contribution in [1.82, 2.24) is 4.31 Å². The zero-order valence-electron chi connectivity index (χ0n) is 17.7. The second kappa shape index (κ2) is 8.84. The van der Waals surface area contributed by atoms with Crippen molar-refractivity contribution in [3.8, 4) is 5.75 Å². The lowest BCUT2D eigenvalue weighted by Crippen LogP contribution is -2.41. The van der Waals surface area contributed by atoms with Crippen molar-refractivity contribution in [2.75, 3.05) is 18.4 Å². The summed E-state index contributed by atoms with van der Waals surface area (Å²) in [4.78, 5) is 35.8. The molecule has 0 aromatic heterocycles. The van der Waals surface area contributed by atoms with Gasteiger partial charge in [0.2, 0.25) is 15.9 Å². The molecule has 32 heavy (non-hydrogen) atoms. The van der Waals surface area contributed by atoms with Gasteiger partial charge in [-0.3, -0.25) is 14.4 Å². The lowest BCUT2D eigenvalue weighted by molar-refractivity contribution is -0.140. The summed E-state index contributed by atoms with van der Waals surface area (Å²) in [7, 11) is -3.75. The number of piperidine rings is 1. The Bertz CT molecular complexity index is 1180. The van der Waals surface area contributed by atoms with Crippen LogP contribution in [0.1, 0.15) is 42.1 Å². The van der Waals surface area contributed by atoms with Gasteiger partial charge < -0.3 is 10.1 Å². The Hall–Kier alpha value is -3.04. The van der Waals surface area contributed by atoms with Crippen LogP contribution in [-0.4, -0.2) is 43.5 Å². The summed E-state index contributed by atoms with van der Waals surface area (Å²) in [5.74, 6) is -0.604. The number of fused-ring (bicyclic) bond motifs is 1. The molecule has 2 aliphatic rings. The molecule has 2 aliphatic heterocycles. The van der Waals surface area contributed by atoms with E-state index in [2.05, 4.69) is 5.32 Å². The summed E-state index contributed by atoms with van der Waals surface area (Å²) >= 11 is 0. The fourth-order valence-electron chi connectivity index (χ4n) is 3.98. The smallest absolute Gasteiger partial charge is 0.314 e. The number of nitrogens with one attached hydrogen (secondary N) is 1. The molecule has 9 heteroatoms. The molecule has 1 saturated heterocycles. The third-order valence-electron chi connectivity index (χ3n) is 5.86. The number of rotatable bonds is 5. The molecule has 0 spiro atoms. The van der Waals surface area contributed by atoms with E-state index in [1.54, 1.807) is 30.3 Å². The van der Waals surface area contributed by atoms with Crippen LogP contribution in [-0.2, 0) is 26.0 Å². The topological polar surface area (TPSA) is 110 Å². The first-order valence-corrected chi connectivity index (χ1v) is 11.9. The van der Waals surface area contributed by atoms with Crippen LogP contribution in [0.5, 0.6) is 5.75 Å². The van der Waals surface area contributed by atoms with Gasteiger partial charge in [-0.1, -0.05) is 12.1 Å². The molecule has 1 amide bonds. The number of benzene rings is 2. The van der Waals surface area contributed by atoms with E-state index in [0.29, 0.717) is 37.0 Å². The van der Waals surface area contributed by atoms with Crippen LogP contribution in [0.15, 0.2) is 47.4 Å². The summed E-state index contributed by atoms with van der Waals surface area (Å²) < 4.78 is 32.8. The lowest BCUT2D eigenvalue weighted by atomic mass is 9.98. The van der Waals surface area contributed by atoms with E-state index in [9.17, 15) is 22.8 Å². The minimum absolute atomic E-state index is 0.0306. The molecule has 2 aromatic carbocycles. The number of ketones is 1. The number of esters is 1. The van der Waals surface area contributed by atoms with Gasteiger partial charge in [0, 0.05) is 30.8 Å². The average molecular weight is 457 g/mol. The predicted molar refractivity (Wildman–Crippen MR) is 117 cm³/mol. The number of anilines is 1. The Morgan fingerprint density at radius 3 is 2.53 bits per heavy atom. The molecule has 2 heterocycles. The van der Waals surface area contributed by atoms with Crippen LogP contribution in [0, 0.1) is 5.92 Å². The second-order valence-electron chi connectivity index (χ2n) is 8.05. The number of Topliss-reactive ketones (excluding diaryl/α,β-unsaturated/α-hetero) is 1. The van der Waals surface area contributed by atoms with E-state index in [4.69, 9.17) is 4.74 Å². The van der Waals surface area contributed by atoms with E-state index >= 15 is 0 Å². The summed E-state index contributed by atoms with van der Waals surface area (Å²) in [5.41, 5.74) is 1.99. The number of ether oxygens (including phenoxy) is 1. The van der Waals surface area contributed by atoms with E-state index in [-0.39, 0.29) is 35.6 Å². The fourth-order valence-corrected chi connectivity index (χ4v) is 5.50. The molecule has 2 aromatic rings. The maximum atomic E-state index is 13.0. The van der Waals surface area contributed by atoms with Crippen molar-refractivity contribution in [1.29, 1.82) is 0 Å². The number of carbonyl (C=O) groups excluding carboxylic acids is 3. The summed E-state index contributed by atoms with van der Waals surface area (Å²) in [6.07, 6.45) is 1.69. The lowest BCUT2D eigenvalue weighted by Gasteiger charge is -2.30. The van der Waals surface area contributed by atoms with Gasteiger partial charge in [0.05, 0.1) is 10.8 Å². The fraction of sp³-hybridized carbons (Fsp3) is 0.348. The highest BCUT2D eigenvalue weighted by Gasteiger charge is 2.33. The van der Waals surface area contributed by atoms with Crippen molar-refractivity contribution < 1.29 is 27.5 Å². The highest BCUT2D eigenvalue weighted by molar-refractivity contribution is 7.89. The Morgan fingerprint density at radius 2 is 1.81 bits per heavy atom. The average Bonchev–Trinajstić information content (AvgIpc) is 2.79. The van der Waals surface area contributed by atoms with Gasteiger partial charge in [0.1, 0.15) is 5.75 Å². The third-order valence-corrected chi connectivity index (χ3v) is 7.75. The Labute approximate surface area is 186 Å². The van der Waals surface area contributed by atoms with Crippen LogP contribution in [0.25, 0.3) is 0 Å². The standard InChI is InChI=1S/C23H24N2O6S/c1-15(26)17-3-2-4-20(14-17)32(29,30)25-11-9-16(10-12-25)23(28)31-19-6-7-21-18(13-19)5-8-22(27)24-21/h2-4,6-7,13-14,16H,5,8-12H2,1H3,(H,24,27). The van der Waals surface area contributed by atoms with E-state index in [0.717, 1.165) is 11.3 Å². The summed E-state index contributed by atoms with van der Waals surface area (Å²) in [5, 5.41) is 2.79. The molecular formula is C23H24N2O6S. The molecular weight excluding hydrogens is 432 g/mol. The van der Waals surface area contributed by atoms with Gasteiger partial charge in [0.25, 0.3) is 0 Å². The number of amides is 1. The van der Waals surface area contributed by atoms with Gasteiger partial charge in [-0.15, -0.1) is 0 Å². The summed E-state index contributed by atoms with van der Waals surface area (Å²) in [6.45, 7) is 1.78. The number of carbonyl (C=O) groups is 3. The van der Waals surface area contributed by atoms with Crippen molar-refractivity contribution in [2.24, 2.45) is 5.92 Å². The Kier molecular flexibility index (Phi) is 6.12. The number of aryl methyl sites for hydroxylation is 1. The molecule has 0 radical (unpaired) electrons. The van der Waals surface area contributed by atoms with Gasteiger partial charge >= 0.3 is 5.97 Å². The molecule has 0 aliphatic carbocycles. The quantitative estimate of drug-likeness (QED) is 0.421. The van der Waals surface area contributed by atoms with Gasteiger partial charge in [-0.25, -0.2) is 8.42 Å². The molecule has 0 unspecified atom stereocenters. The maximum absolute atomic E-state index is 13.0. The van der Waals surface area contributed by atoms with Gasteiger partial charge in [-0.2, -0.15) is 4.31 Å². The van der Waals surface area contributed by atoms with Crippen molar-refractivity contribution in [3.63, 3.8) is 0 Å². The highest BCUT2D eigenvalue weighted by atomic mass is 32.2. The molecule has 168 valence electrons. The molecule has 4 rings (SSSR count). The zero-order chi connectivity index (χ0) is 22.9. The monoisotopic (exact) mass is 456 g/mol. The van der Waals surface area contributed by atoms with Crippen LogP contribution < -0.4 is 10.1 Å². The molecule has 0 saturated carbocycles. The zero-order valence-corrected chi connectivity index (χ0v) is 18.5. The van der Waals surface area contributed by atoms with E-state index in [1.165, 1.54) is 23.4 Å². The molecule has 1 N–H and O–H groups in total. The number of hydrogen-bond donors (Lipinski definition) is 1. The van der Waals surface area contributed by atoms with Crippen molar-refractivity contribution in [2.45, 2.75) is 37.5 Å². The van der Waals surface area contributed by atoms with E-state index < -0.39 is 15.9 Å². The summed E-state index contributed by atoms with van der Waals surface area (Å²) in [6, 6.07) is 11.1. The molecule has 1 fully saturated rings. The minimum Gasteiger partial charge on any atom is -0.426 e. The SMILES string of the molecule is CC(=O)c1cccc(S(=O)(=O)N2CCC(C(=O)Oc3ccc4c(c3)CCC(=O)N4)CC2)c1. The number of nitrogens with zero attached hydrogens (tertiary/aromatic N) is 1. The van der Waals surface area contributed by atoms with Gasteiger partial charge in [-0.05, 0) is 62.1 Å². The second-order valence-corrected chi connectivity index (χ2v) is 9.99. The maximum Gasteiger partial charge on any atom is 0.314 e. The normalized spacial score (nSPS) is 17.3. The molecule has 8 nitrogen and oxygen atoms in total. The van der Waals surface area contributed by atoms with Crippen LogP contribution in [0.4, 0.5) is 5.69 Å². The van der Waals surface area contributed by atoms with Gasteiger partial charge in [0.15, 0.2) is 5.78 Å². The molecule has 0 atom stereocenters. The van der Waals surface area contributed by atoms with Crippen LogP contribution >= 0.6 is 0 Å². The van der Waals surface area contributed by atoms with Crippen LogP contribution in [0.3, 0.4) is 0 Å². The predicted octanol–water partition coefficient (Wildman–Crippen LogP) is 2.78. The first kappa shape index (κ1) is 22.2. The first-order chi connectivity index (χ1) is 15.2. The van der Waals surface area contributed by atoms with Crippen molar-refractivity contribution in [3.05, 3.63) is 53.6 Å². The largest absolute Gasteiger partial charge is 0.426 e. The molecule has 0 bridgehead atoms. The third kappa shape index (κ3) is 4.58. The first-order valence-electron chi connectivity index (χ1n) is 10.5.